The fourth-order valence-corrected chi connectivity index (χ4v) is 1.30. The van der Waals surface area contributed by atoms with Gasteiger partial charge in [-0.2, -0.15) is 0 Å². The van der Waals surface area contributed by atoms with E-state index < -0.39 is 0 Å². The predicted octanol–water partition coefficient (Wildman–Crippen LogP) is 3.40. The van der Waals surface area contributed by atoms with Crippen molar-refractivity contribution in [3.8, 4) is 0 Å². The van der Waals surface area contributed by atoms with Crippen LogP contribution >= 0.6 is 0 Å². The fraction of sp³-hybridized carbons (Fsp3) is 0.500. The van der Waals surface area contributed by atoms with Gasteiger partial charge in [-0.05, 0) is 43.5 Å². The van der Waals surface area contributed by atoms with Crippen LogP contribution < -0.4 is 5.73 Å². The Morgan fingerprint density at radius 3 is 2.31 bits per heavy atom. The Hall–Kier alpha value is -0.980. The molecule has 74 valence electrons. The van der Waals surface area contributed by atoms with Crippen LogP contribution in [0.25, 0.3) is 0 Å². The van der Waals surface area contributed by atoms with Gasteiger partial charge in [-0.15, -0.1) is 0 Å². The Morgan fingerprint density at radius 1 is 1.38 bits per heavy atom. The Balaban J connectivity index is 4.76. The van der Waals surface area contributed by atoms with Crippen molar-refractivity contribution in [1.29, 1.82) is 0 Å². The van der Waals surface area contributed by atoms with Gasteiger partial charge in [0, 0.05) is 0 Å². The second-order valence-corrected chi connectivity index (χ2v) is 3.18. The first kappa shape index (κ1) is 12.0. The van der Waals surface area contributed by atoms with E-state index in [2.05, 4.69) is 26.0 Å². The Morgan fingerprint density at radius 2 is 2.00 bits per heavy atom. The normalized spacial score (nSPS) is 16.6. The fourth-order valence-electron chi connectivity index (χ4n) is 1.30. The summed E-state index contributed by atoms with van der Waals surface area (Å²) >= 11 is 0. The van der Waals surface area contributed by atoms with Crippen LogP contribution in [0.3, 0.4) is 0 Å². The lowest BCUT2D eigenvalue weighted by Crippen LogP contribution is -2.02. The van der Waals surface area contributed by atoms with Crippen molar-refractivity contribution in [3.63, 3.8) is 0 Å². The smallest absolute Gasteiger partial charge is 0.00210 e. The Labute approximate surface area is 82.0 Å². The molecule has 0 aliphatic heterocycles. The van der Waals surface area contributed by atoms with Crippen LogP contribution in [-0.2, 0) is 0 Å². The second-order valence-electron chi connectivity index (χ2n) is 3.18. The molecule has 0 fully saturated rings. The lowest BCUT2D eigenvalue weighted by Gasteiger charge is -2.14. The molecule has 0 heterocycles. The van der Waals surface area contributed by atoms with Crippen molar-refractivity contribution in [2.24, 2.45) is 11.7 Å². The van der Waals surface area contributed by atoms with E-state index in [0.717, 1.165) is 6.42 Å². The highest BCUT2D eigenvalue weighted by Gasteiger charge is 2.07. The molecule has 2 N–H and O–H groups in total. The highest BCUT2D eigenvalue weighted by atomic mass is 14.5. The van der Waals surface area contributed by atoms with E-state index in [1.165, 1.54) is 11.1 Å². The second kappa shape index (κ2) is 6.53. The van der Waals surface area contributed by atoms with Crippen LogP contribution in [0.15, 0.2) is 35.6 Å². The van der Waals surface area contributed by atoms with Gasteiger partial charge in [0.05, 0.1) is 0 Å². The molecule has 0 aromatic carbocycles. The summed E-state index contributed by atoms with van der Waals surface area (Å²) < 4.78 is 0. The van der Waals surface area contributed by atoms with Crippen molar-refractivity contribution in [1.82, 2.24) is 0 Å². The number of rotatable bonds is 4. The van der Waals surface area contributed by atoms with Crippen LogP contribution in [0.2, 0.25) is 0 Å². The van der Waals surface area contributed by atoms with Crippen LogP contribution in [0, 0.1) is 5.92 Å². The number of hydrogen-bond acceptors (Lipinski definition) is 1. The van der Waals surface area contributed by atoms with Crippen molar-refractivity contribution >= 4 is 0 Å². The molecule has 0 aromatic heterocycles. The minimum atomic E-state index is 0.535. The quantitative estimate of drug-likeness (QED) is 0.658. The first-order valence-electron chi connectivity index (χ1n) is 4.92. The largest absolute Gasteiger partial charge is 0.404 e. The van der Waals surface area contributed by atoms with Crippen molar-refractivity contribution in [2.45, 2.75) is 34.1 Å². The molecule has 0 amide bonds. The van der Waals surface area contributed by atoms with Gasteiger partial charge in [0.1, 0.15) is 0 Å². The van der Waals surface area contributed by atoms with Gasteiger partial charge in [0.15, 0.2) is 0 Å². The van der Waals surface area contributed by atoms with Gasteiger partial charge in [0.2, 0.25) is 0 Å². The molecule has 0 rings (SSSR count). The van der Waals surface area contributed by atoms with Gasteiger partial charge in [-0.25, -0.2) is 0 Å². The summed E-state index contributed by atoms with van der Waals surface area (Å²) in [5, 5.41) is 0. The summed E-state index contributed by atoms with van der Waals surface area (Å²) in [6.07, 6.45) is 9.10. The molecule has 1 nitrogen and oxygen atoms in total. The van der Waals surface area contributed by atoms with Crippen LogP contribution in [0.1, 0.15) is 34.1 Å². The average molecular weight is 179 g/mol. The molecular weight excluding hydrogens is 158 g/mol. The molecule has 0 radical (unpaired) electrons. The number of hydrogen-bond donors (Lipinski definition) is 1. The maximum absolute atomic E-state index is 5.62. The van der Waals surface area contributed by atoms with Gasteiger partial charge in [-0.3, -0.25) is 0 Å². The lowest BCUT2D eigenvalue weighted by molar-refractivity contribution is 0.663. The summed E-state index contributed by atoms with van der Waals surface area (Å²) in [4.78, 5) is 0. The summed E-state index contributed by atoms with van der Waals surface area (Å²) in [5.41, 5.74) is 8.09. The average Bonchev–Trinajstić information content (AvgIpc) is 2.17. The molecule has 1 atom stereocenters. The van der Waals surface area contributed by atoms with E-state index in [-0.39, 0.29) is 0 Å². The maximum Gasteiger partial charge on any atom is -0.00210 e. The summed E-state index contributed by atoms with van der Waals surface area (Å²) in [7, 11) is 0. The SMILES string of the molecule is C\C=C/C(=C/C)C(=C\N)/C(C)CC. The lowest BCUT2D eigenvalue weighted by atomic mass is 9.92. The Bertz CT molecular complexity index is 221. The predicted molar refractivity (Wildman–Crippen MR) is 60.3 cm³/mol. The molecule has 0 aromatic rings. The standard InChI is InChI=1S/C12H21N/c1-5-8-11(7-3)12(9-13)10(4)6-2/h5,7-10H,6,13H2,1-4H3/b8-5-,11-7-,12-9-. The topological polar surface area (TPSA) is 26.0 Å². The summed E-state index contributed by atoms with van der Waals surface area (Å²) in [6, 6.07) is 0. The van der Waals surface area contributed by atoms with Crippen molar-refractivity contribution in [3.05, 3.63) is 35.6 Å². The van der Waals surface area contributed by atoms with E-state index in [9.17, 15) is 0 Å². The van der Waals surface area contributed by atoms with E-state index in [1.807, 2.05) is 19.9 Å². The molecule has 0 spiro atoms. The van der Waals surface area contributed by atoms with Gasteiger partial charge in [-0.1, -0.05) is 32.1 Å². The third-order valence-corrected chi connectivity index (χ3v) is 2.31. The van der Waals surface area contributed by atoms with E-state index in [1.54, 1.807) is 6.20 Å². The van der Waals surface area contributed by atoms with Crippen molar-refractivity contribution in [2.75, 3.05) is 0 Å². The van der Waals surface area contributed by atoms with Gasteiger partial charge < -0.3 is 5.73 Å². The molecule has 1 unspecified atom stereocenters. The molecule has 0 aliphatic rings. The number of nitrogens with two attached hydrogens (primary N) is 1. The summed E-state index contributed by atoms with van der Waals surface area (Å²) in [5.74, 6) is 0.535. The zero-order valence-corrected chi connectivity index (χ0v) is 9.17. The first-order chi connectivity index (χ1) is 6.21. The minimum absolute atomic E-state index is 0.535. The Kier molecular flexibility index (Phi) is 6.03. The van der Waals surface area contributed by atoms with E-state index >= 15 is 0 Å². The highest BCUT2D eigenvalue weighted by molar-refractivity contribution is 5.39. The van der Waals surface area contributed by atoms with Crippen LogP contribution in [0.5, 0.6) is 0 Å². The molecule has 0 bridgehead atoms. The third-order valence-electron chi connectivity index (χ3n) is 2.31. The van der Waals surface area contributed by atoms with E-state index in [4.69, 9.17) is 5.73 Å². The molecular formula is C12H21N. The minimum Gasteiger partial charge on any atom is -0.404 e. The maximum atomic E-state index is 5.62. The molecule has 13 heavy (non-hydrogen) atoms. The first-order valence-corrected chi connectivity index (χ1v) is 4.92. The molecule has 0 saturated carbocycles. The number of allylic oxidation sites excluding steroid dienone is 5. The zero-order chi connectivity index (χ0) is 10.3. The van der Waals surface area contributed by atoms with E-state index in [0.29, 0.717) is 5.92 Å². The highest BCUT2D eigenvalue weighted by Crippen LogP contribution is 2.22. The summed E-state index contributed by atoms with van der Waals surface area (Å²) in [6.45, 7) is 8.44. The van der Waals surface area contributed by atoms with Gasteiger partial charge in [0.25, 0.3) is 0 Å². The molecule has 1 heteroatoms. The third kappa shape index (κ3) is 3.49. The van der Waals surface area contributed by atoms with Crippen molar-refractivity contribution < 1.29 is 0 Å². The van der Waals surface area contributed by atoms with Gasteiger partial charge >= 0.3 is 0 Å². The van der Waals surface area contributed by atoms with Crippen LogP contribution in [0.4, 0.5) is 0 Å². The zero-order valence-electron chi connectivity index (χ0n) is 9.17. The molecule has 0 aliphatic carbocycles. The monoisotopic (exact) mass is 179 g/mol. The van der Waals surface area contributed by atoms with Crippen LogP contribution in [-0.4, -0.2) is 0 Å². The molecule has 0 saturated heterocycles.